The summed E-state index contributed by atoms with van der Waals surface area (Å²) < 4.78 is 11.8. The lowest BCUT2D eigenvalue weighted by atomic mass is 9.94. The largest absolute Gasteiger partial charge is 0.490 e. The van der Waals surface area contributed by atoms with Gasteiger partial charge in [-0.3, -0.25) is 0 Å². The Balaban J connectivity index is 0.00000243. The van der Waals surface area contributed by atoms with Gasteiger partial charge in [-0.05, 0) is 50.7 Å². The van der Waals surface area contributed by atoms with Crippen molar-refractivity contribution in [1.82, 2.24) is 10.6 Å². The molecule has 5 heteroatoms. The van der Waals surface area contributed by atoms with Crippen LogP contribution in [0, 0.1) is 12.8 Å². The van der Waals surface area contributed by atoms with Gasteiger partial charge in [0.1, 0.15) is 5.75 Å². The summed E-state index contributed by atoms with van der Waals surface area (Å²) in [4.78, 5) is 0. The standard InChI is InChI=1S/C21H34N2O2.ClH/c1-4-16(3)25-21-12-15(2)8-9-17(21)13-23-19-7-5-6-18(19)20-14-24-11-10-22-20;/h8-9,12,16,18-20,22-23H,4-7,10-11,13-14H2,1-3H3;1H. The zero-order chi connectivity index (χ0) is 17.6. The Hall–Kier alpha value is -0.810. The predicted molar refractivity (Wildman–Crippen MR) is 109 cm³/mol. The van der Waals surface area contributed by atoms with Crippen molar-refractivity contribution in [3.63, 3.8) is 0 Å². The van der Waals surface area contributed by atoms with Crippen LogP contribution in [0.5, 0.6) is 5.75 Å². The summed E-state index contributed by atoms with van der Waals surface area (Å²) in [6, 6.07) is 7.64. The molecule has 0 radical (unpaired) electrons. The molecule has 0 spiro atoms. The van der Waals surface area contributed by atoms with Crippen LogP contribution in [0.1, 0.15) is 50.7 Å². The van der Waals surface area contributed by atoms with E-state index in [9.17, 15) is 0 Å². The lowest BCUT2D eigenvalue weighted by molar-refractivity contribution is 0.0524. The van der Waals surface area contributed by atoms with Gasteiger partial charge in [0.15, 0.2) is 0 Å². The Morgan fingerprint density at radius 2 is 2.19 bits per heavy atom. The predicted octanol–water partition coefficient (Wildman–Crippen LogP) is 3.84. The first-order chi connectivity index (χ1) is 12.2. The van der Waals surface area contributed by atoms with Gasteiger partial charge in [-0.2, -0.15) is 0 Å². The highest BCUT2D eigenvalue weighted by Crippen LogP contribution is 2.30. The maximum Gasteiger partial charge on any atom is 0.124 e. The topological polar surface area (TPSA) is 42.5 Å². The van der Waals surface area contributed by atoms with Crippen LogP contribution < -0.4 is 15.4 Å². The van der Waals surface area contributed by atoms with Crippen LogP contribution >= 0.6 is 12.4 Å². The van der Waals surface area contributed by atoms with Crippen LogP contribution in [0.2, 0.25) is 0 Å². The van der Waals surface area contributed by atoms with Gasteiger partial charge in [0, 0.05) is 30.7 Å². The number of rotatable bonds is 7. The quantitative estimate of drug-likeness (QED) is 0.751. The number of hydrogen-bond acceptors (Lipinski definition) is 4. The number of ether oxygens (including phenoxy) is 2. The van der Waals surface area contributed by atoms with Gasteiger partial charge in [-0.25, -0.2) is 0 Å². The minimum absolute atomic E-state index is 0. The number of nitrogens with one attached hydrogen (secondary N) is 2. The Morgan fingerprint density at radius 1 is 1.35 bits per heavy atom. The molecule has 1 aromatic rings. The minimum Gasteiger partial charge on any atom is -0.490 e. The molecular weight excluding hydrogens is 348 g/mol. The molecule has 4 atom stereocenters. The lowest BCUT2D eigenvalue weighted by Gasteiger charge is -2.33. The third-order valence-corrected chi connectivity index (χ3v) is 5.72. The molecule has 0 amide bonds. The van der Waals surface area contributed by atoms with Gasteiger partial charge in [-0.15, -0.1) is 12.4 Å². The lowest BCUT2D eigenvalue weighted by Crippen LogP contribution is -2.50. The van der Waals surface area contributed by atoms with Gasteiger partial charge in [0.25, 0.3) is 0 Å². The van der Waals surface area contributed by atoms with E-state index in [1.165, 1.54) is 30.4 Å². The molecule has 2 N–H and O–H groups in total. The van der Waals surface area contributed by atoms with E-state index >= 15 is 0 Å². The molecule has 1 aliphatic heterocycles. The van der Waals surface area contributed by atoms with Crippen molar-refractivity contribution in [2.75, 3.05) is 19.8 Å². The van der Waals surface area contributed by atoms with E-state index in [0.29, 0.717) is 18.0 Å². The molecule has 26 heavy (non-hydrogen) atoms. The normalized spacial score (nSPS) is 27.0. The Bertz CT molecular complexity index is 549. The molecule has 2 aliphatic rings. The summed E-state index contributed by atoms with van der Waals surface area (Å²) in [6.07, 6.45) is 5.14. The van der Waals surface area contributed by atoms with Crippen molar-refractivity contribution in [2.24, 2.45) is 5.92 Å². The van der Waals surface area contributed by atoms with Crippen LogP contribution in [0.4, 0.5) is 0 Å². The maximum absolute atomic E-state index is 6.16. The number of morpholine rings is 1. The van der Waals surface area contributed by atoms with Crippen LogP contribution in [0.25, 0.3) is 0 Å². The van der Waals surface area contributed by atoms with Gasteiger partial charge in [-0.1, -0.05) is 25.5 Å². The van der Waals surface area contributed by atoms with Crippen molar-refractivity contribution in [3.8, 4) is 5.75 Å². The zero-order valence-electron chi connectivity index (χ0n) is 16.4. The van der Waals surface area contributed by atoms with E-state index in [1.807, 2.05) is 0 Å². The first-order valence-corrected chi connectivity index (χ1v) is 9.98. The molecule has 4 nitrogen and oxygen atoms in total. The molecule has 1 heterocycles. The SMILES string of the molecule is CCC(C)Oc1cc(C)ccc1CNC1CCCC1C1COCCN1.Cl. The fraction of sp³-hybridized carbons (Fsp3) is 0.714. The van der Waals surface area contributed by atoms with Gasteiger partial charge < -0.3 is 20.1 Å². The molecule has 2 fully saturated rings. The summed E-state index contributed by atoms with van der Waals surface area (Å²) in [5, 5.41) is 7.47. The second-order valence-electron chi connectivity index (χ2n) is 7.67. The van der Waals surface area contributed by atoms with Crippen molar-refractivity contribution >= 4 is 12.4 Å². The van der Waals surface area contributed by atoms with Crippen LogP contribution in [0.15, 0.2) is 18.2 Å². The second kappa shape index (κ2) is 10.5. The summed E-state index contributed by atoms with van der Waals surface area (Å²) in [5.74, 6) is 1.71. The molecule has 1 aromatic carbocycles. The smallest absolute Gasteiger partial charge is 0.124 e. The summed E-state index contributed by atoms with van der Waals surface area (Å²) >= 11 is 0. The van der Waals surface area contributed by atoms with Crippen molar-refractivity contribution in [1.29, 1.82) is 0 Å². The van der Waals surface area contributed by atoms with Crippen molar-refractivity contribution < 1.29 is 9.47 Å². The zero-order valence-corrected chi connectivity index (χ0v) is 17.2. The fourth-order valence-electron chi connectivity index (χ4n) is 4.04. The van der Waals surface area contributed by atoms with Crippen molar-refractivity contribution in [2.45, 2.75) is 71.2 Å². The van der Waals surface area contributed by atoms with E-state index < -0.39 is 0 Å². The fourth-order valence-corrected chi connectivity index (χ4v) is 4.04. The Labute approximate surface area is 164 Å². The van der Waals surface area contributed by atoms with E-state index in [-0.39, 0.29) is 18.5 Å². The summed E-state index contributed by atoms with van der Waals surface area (Å²) in [6.45, 7) is 10.0. The number of aryl methyl sites for hydroxylation is 1. The molecule has 148 valence electrons. The maximum atomic E-state index is 6.16. The van der Waals surface area contributed by atoms with E-state index in [0.717, 1.165) is 38.5 Å². The van der Waals surface area contributed by atoms with Crippen LogP contribution in [-0.2, 0) is 11.3 Å². The van der Waals surface area contributed by atoms with E-state index in [1.54, 1.807) is 0 Å². The average Bonchev–Trinajstić information content (AvgIpc) is 3.10. The van der Waals surface area contributed by atoms with Gasteiger partial charge in [0.2, 0.25) is 0 Å². The number of hydrogen-bond donors (Lipinski definition) is 2. The molecule has 0 bridgehead atoms. The molecule has 1 saturated carbocycles. The second-order valence-corrected chi connectivity index (χ2v) is 7.67. The molecule has 1 saturated heterocycles. The molecule has 0 aromatic heterocycles. The number of benzene rings is 1. The average molecular weight is 383 g/mol. The number of halogens is 1. The third-order valence-electron chi connectivity index (χ3n) is 5.72. The highest BCUT2D eigenvalue weighted by molar-refractivity contribution is 5.85. The highest BCUT2D eigenvalue weighted by Gasteiger charge is 2.34. The van der Waals surface area contributed by atoms with Gasteiger partial charge >= 0.3 is 0 Å². The molecular formula is C21H35ClN2O2. The molecule has 1 aliphatic carbocycles. The monoisotopic (exact) mass is 382 g/mol. The minimum atomic E-state index is 0. The molecule has 4 unspecified atom stereocenters. The summed E-state index contributed by atoms with van der Waals surface area (Å²) in [7, 11) is 0. The van der Waals surface area contributed by atoms with E-state index in [2.05, 4.69) is 49.6 Å². The summed E-state index contributed by atoms with van der Waals surface area (Å²) in [5.41, 5.74) is 2.52. The van der Waals surface area contributed by atoms with Crippen LogP contribution in [0.3, 0.4) is 0 Å². The van der Waals surface area contributed by atoms with E-state index in [4.69, 9.17) is 9.47 Å². The first-order valence-electron chi connectivity index (χ1n) is 9.98. The highest BCUT2D eigenvalue weighted by atomic mass is 35.5. The first kappa shape index (κ1) is 21.5. The Morgan fingerprint density at radius 3 is 2.92 bits per heavy atom. The van der Waals surface area contributed by atoms with Gasteiger partial charge in [0.05, 0.1) is 19.3 Å². The van der Waals surface area contributed by atoms with Crippen LogP contribution in [-0.4, -0.2) is 37.9 Å². The molecule has 3 rings (SSSR count). The Kier molecular flexibility index (Phi) is 8.68. The third kappa shape index (κ3) is 5.59. The van der Waals surface area contributed by atoms with Crippen molar-refractivity contribution in [3.05, 3.63) is 29.3 Å².